The van der Waals surface area contributed by atoms with Crippen molar-refractivity contribution in [1.82, 2.24) is 0 Å². The summed E-state index contributed by atoms with van der Waals surface area (Å²) < 4.78 is 0. The summed E-state index contributed by atoms with van der Waals surface area (Å²) in [6.45, 7) is 8.21. The summed E-state index contributed by atoms with van der Waals surface area (Å²) in [6.07, 6.45) is 20.2. The van der Waals surface area contributed by atoms with Crippen LogP contribution >= 0.6 is 0 Å². The number of hydrogen-bond donors (Lipinski definition) is 0. The molecule has 1 heteroatoms. The molecule has 178 valence electrons. The average Bonchev–Trinajstić information content (AvgIpc) is 3.32. The van der Waals surface area contributed by atoms with Gasteiger partial charge in [-0.2, -0.15) is 0 Å². The lowest BCUT2D eigenvalue weighted by atomic mass is 9.91. The predicted molar refractivity (Wildman–Crippen MR) is 156 cm³/mol. The molecule has 5 rings (SSSR count). The minimum atomic E-state index is 0.970. The Morgan fingerprint density at radius 2 is 1.72 bits per heavy atom. The fourth-order valence-corrected chi connectivity index (χ4v) is 5.39. The van der Waals surface area contributed by atoms with Gasteiger partial charge >= 0.3 is 0 Å². The monoisotopic (exact) mass is 467 g/mol. The second-order valence-electron chi connectivity index (χ2n) is 9.20. The Morgan fingerprint density at radius 3 is 2.44 bits per heavy atom. The molecule has 3 aromatic rings. The summed E-state index contributed by atoms with van der Waals surface area (Å²) in [5.74, 6) is 0. The quantitative estimate of drug-likeness (QED) is 0.245. The lowest BCUT2D eigenvalue weighted by Gasteiger charge is -2.30. The highest BCUT2D eigenvalue weighted by molar-refractivity contribution is 5.89. The molecule has 0 radical (unpaired) electrons. The standard InChI is InChI=1S/C35H33N/c1-4-13-28(6-3)36(29-16-8-7-9-17-29)30-23-21-26(22-24-30)31(14-5-2)33-19-12-20-34-32-18-11-10-15-27(32)25-35(33)34/h4-8,10-16,18-24H,2,9,17,25H2,1,3H3/b13-4-,28-6+,31-14-. The van der Waals surface area contributed by atoms with Crippen LogP contribution in [0.4, 0.5) is 5.69 Å². The summed E-state index contributed by atoms with van der Waals surface area (Å²) in [4.78, 5) is 2.38. The van der Waals surface area contributed by atoms with Crippen molar-refractivity contribution in [3.63, 3.8) is 0 Å². The van der Waals surface area contributed by atoms with E-state index >= 15 is 0 Å². The molecule has 0 unspecified atom stereocenters. The molecule has 2 aliphatic carbocycles. The first-order valence-electron chi connectivity index (χ1n) is 12.8. The van der Waals surface area contributed by atoms with Crippen molar-refractivity contribution in [1.29, 1.82) is 0 Å². The minimum Gasteiger partial charge on any atom is -0.315 e. The zero-order valence-corrected chi connectivity index (χ0v) is 21.2. The first-order chi connectivity index (χ1) is 17.7. The van der Waals surface area contributed by atoms with Crippen LogP contribution in [-0.2, 0) is 6.42 Å². The molecule has 0 bridgehead atoms. The van der Waals surface area contributed by atoms with Crippen molar-refractivity contribution in [2.75, 3.05) is 4.90 Å². The maximum atomic E-state index is 4.03. The van der Waals surface area contributed by atoms with E-state index in [-0.39, 0.29) is 0 Å². The number of hydrogen-bond acceptors (Lipinski definition) is 1. The van der Waals surface area contributed by atoms with Gasteiger partial charge < -0.3 is 4.90 Å². The van der Waals surface area contributed by atoms with E-state index in [1.165, 1.54) is 56.0 Å². The van der Waals surface area contributed by atoms with Gasteiger partial charge in [-0.25, -0.2) is 0 Å². The average molecular weight is 468 g/mol. The number of benzene rings is 3. The van der Waals surface area contributed by atoms with E-state index in [2.05, 4.69) is 135 Å². The molecule has 0 saturated heterocycles. The summed E-state index contributed by atoms with van der Waals surface area (Å²) in [5.41, 5.74) is 12.9. The smallest absolute Gasteiger partial charge is 0.0458 e. The third-order valence-electron chi connectivity index (χ3n) is 7.03. The molecule has 0 amide bonds. The number of fused-ring (bicyclic) bond motifs is 3. The third kappa shape index (κ3) is 4.45. The van der Waals surface area contributed by atoms with Gasteiger partial charge in [-0.1, -0.05) is 97.6 Å². The van der Waals surface area contributed by atoms with Crippen molar-refractivity contribution < 1.29 is 0 Å². The van der Waals surface area contributed by atoms with Crippen LogP contribution in [0.1, 0.15) is 48.9 Å². The van der Waals surface area contributed by atoms with Gasteiger partial charge in [0.05, 0.1) is 0 Å². The van der Waals surface area contributed by atoms with Gasteiger partial charge in [0.1, 0.15) is 0 Å². The van der Waals surface area contributed by atoms with Crippen molar-refractivity contribution >= 4 is 11.3 Å². The molecule has 2 aliphatic rings. The molecule has 0 fully saturated rings. The molecule has 0 N–H and O–H groups in total. The topological polar surface area (TPSA) is 3.24 Å². The summed E-state index contributed by atoms with van der Waals surface area (Å²) in [6, 6.07) is 24.4. The van der Waals surface area contributed by atoms with Crippen molar-refractivity contribution in [3.05, 3.63) is 156 Å². The van der Waals surface area contributed by atoms with E-state index in [4.69, 9.17) is 0 Å². The lowest BCUT2D eigenvalue weighted by molar-refractivity contribution is 0.900. The van der Waals surface area contributed by atoms with E-state index < -0.39 is 0 Å². The zero-order valence-electron chi connectivity index (χ0n) is 21.2. The Hall–Kier alpha value is -4.10. The SMILES string of the molecule is C=C/C=C(/c1ccc(N(C2=CC=CCC2)C(/C=C\C)=C/C)cc1)c1cccc2c1Cc1ccccc1-2. The van der Waals surface area contributed by atoms with Crippen molar-refractivity contribution in [3.8, 4) is 11.1 Å². The van der Waals surface area contributed by atoms with E-state index in [1.807, 2.05) is 6.08 Å². The Kier molecular flexibility index (Phi) is 7.00. The van der Waals surface area contributed by atoms with Crippen LogP contribution in [0.15, 0.2) is 133 Å². The second-order valence-corrected chi connectivity index (χ2v) is 9.20. The Bertz CT molecular complexity index is 1420. The Balaban J connectivity index is 1.55. The molecule has 36 heavy (non-hydrogen) atoms. The minimum absolute atomic E-state index is 0.970. The normalized spacial score (nSPS) is 15.0. The number of nitrogens with zero attached hydrogens (tertiary/aromatic N) is 1. The van der Waals surface area contributed by atoms with E-state index in [0.717, 1.165) is 19.3 Å². The van der Waals surface area contributed by atoms with Gasteiger partial charge in [-0.05, 0) is 96.3 Å². The first kappa shape index (κ1) is 23.6. The van der Waals surface area contributed by atoms with E-state index in [1.54, 1.807) is 0 Å². The fraction of sp³-hybridized carbons (Fsp3) is 0.143. The van der Waals surface area contributed by atoms with Gasteiger partial charge in [0.2, 0.25) is 0 Å². The van der Waals surface area contributed by atoms with Crippen LogP contribution in [0.3, 0.4) is 0 Å². The number of anilines is 1. The first-order valence-corrected chi connectivity index (χ1v) is 12.8. The third-order valence-corrected chi connectivity index (χ3v) is 7.03. The maximum Gasteiger partial charge on any atom is 0.0458 e. The largest absolute Gasteiger partial charge is 0.315 e. The molecule has 0 aliphatic heterocycles. The summed E-state index contributed by atoms with van der Waals surface area (Å²) in [5, 5.41) is 0. The molecule has 0 atom stereocenters. The number of allylic oxidation sites excluding steroid dienone is 9. The Labute approximate surface area is 215 Å². The predicted octanol–water partition coefficient (Wildman–Crippen LogP) is 9.40. The zero-order chi connectivity index (χ0) is 24.9. The number of rotatable bonds is 7. The van der Waals surface area contributed by atoms with Crippen molar-refractivity contribution in [2.24, 2.45) is 0 Å². The maximum absolute atomic E-state index is 4.03. The van der Waals surface area contributed by atoms with Crippen LogP contribution in [0, 0.1) is 0 Å². The van der Waals surface area contributed by atoms with Gasteiger partial charge in [-0.15, -0.1) is 0 Å². The van der Waals surface area contributed by atoms with E-state index in [9.17, 15) is 0 Å². The molecule has 0 aromatic heterocycles. The van der Waals surface area contributed by atoms with Crippen LogP contribution < -0.4 is 4.90 Å². The highest BCUT2D eigenvalue weighted by Crippen LogP contribution is 2.41. The lowest BCUT2D eigenvalue weighted by Crippen LogP contribution is -2.21. The molecule has 0 heterocycles. The van der Waals surface area contributed by atoms with Gasteiger partial charge in [0, 0.05) is 17.1 Å². The van der Waals surface area contributed by atoms with Gasteiger partial charge in [0.15, 0.2) is 0 Å². The van der Waals surface area contributed by atoms with Crippen LogP contribution in [0.25, 0.3) is 16.7 Å². The molecule has 1 nitrogen and oxygen atoms in total. The van der Waals surface area contributed by atoms with Crippen molar-refractivity contribution in [2.45, 2.75) is 33.1 Å². The summed E-state index contributed by atoms with van der Waals surface area (Å²) >= 11 is 0. The van der Waals surface area contributed by atoms with Crippen LogP contribution in [0.2, 0.25) is 0 Å². The molecular formula is C35H33N. The molecule has 3 aromatic carbocycles. The van der Waals surface area contributed by atoms with Crippen LogP contribution in [-0.4, -0.2) is 0 Å². The van der Waals surface area contributed by atoms with E-state index in [0.29, 0.717) is 0 Å². The molecular weight excluding hydrogens is 434 g/mol. The van der Waals surface area contributed by atoms with Gasteiger partial charge in [0.25, 0.3) is 0 Å². The Morgan fingerprint density at radius 1 is 0.917 bits per heavy atom. The summed E-state index contributed by atoms with van der Waals surface area (Å²) in [7, 11) is 0. The highest BCUT2D eigenvalue weighted by Gasteiger charge is 2.22. The van der Waals surface area contributed by atoms with Gasteiger partial charge in [-0.3, -0.25) is 0 Å². The molecule has 0 spiro atoms. The second kappa shape index (κ2) is 10.7. The fourth-order valence-electron chi connectivity index (χ4n) is 5.39. The molecule has 0 saturated carbocycles. The highest BCUT2D eigenvalue weighted by atomic mass is 15.2. The van der Waals surface area contributed by atoms with Crippen LogP contribution in [0.5, 0.6) is 0 Å².